The third kappa shape index (κ3) is 2.12. The summed E-state index contributed by atoms with van der Waals surface area (Å²) in [7, 11) is -3.86. The molecule has 0 aliphatic carbocycles. The first-order chi connectivity index (χ1) is 9.38. The van der Waals surface area contributed by atoms with E-state index in [0.29, 0.717) is 25.1 Å². The highest BCUT2D eigenvalue weighted by Crippen LogP contribution is 2.37. The molecule has 0 aromatic carbocycles. The topological polar surface area (TPSA) is 103 Å². The Labute approximate surface area is 118 Å². The third-order valence-electron chi connectivity index (χ3n) is 3.92. The molecule has 0 radical (unpaired) electrons. The monoisotopic (exact) mass is 301 g/mol. The molecule has 20 heavy (non-hydrogen) atoms. The average molecular weight is 301 g/mol. The maximum Gasteiger partial charge on any atom is 0.325 e. The van der Waals surface area contributed by atoms with Crippen LogP contribution < -0.4 is 0 Å². The van der Waals surface area contributed by atoms with Crippen LogP contribution in [-0.4, -0.2) is 45.9 Å². The molecular formula is C12H19N3O4S. The molecule has 2 heterocycles. The highest BCUT2D eigenvalue weighted by Gasteiger charge is 2.52. The fourth-order valence-electron chi connectivity index (χ4n) is 2.69. The predicted molar refractivity (Wildman–Crippen MR) is 71.7 cm³/mol. The lowest BCUT2D eigenvalue weighted by Gasteiger charge is -2.32. The zero-order valence-electron chi connectivity index (χ0n) is 11.6. The van der Waals surface area contributed by atoms with Crippen molar-refractivity contribution in [2.45, 2.75) is 50.1 Å². The summed E-state index contributed by atoms with van der Waals surface area (Å²) in [5.41, 5.74) is -1.34. The van der Waals surface area contributed by atoms with Gasteiger partial charge in [-0.25, -0.2) is 13.4 Å². The number of nitrogens with zero attached hydrogens (tertiary/aromatic N) is 2. The Morgan fingerprint density at radius 2 is 2.25 bits per heavy atom. The number of nitrogens with one attached hydrogen (secondary N) is 1. The summed E-state index contributed by atoms with van der Waals surface area (Å²) in [4.78, 5) is 18.3. The summed E-state index contributed by atoms with van der Waals surface area (Å²) in [6.45, 7) is 3.79. The first-order valence-corrected chi connectivity index (χ1v) is 8.12. The van der Waals surface area contributed by atoms with Gasteiger partial charge < -0.3 is 10.1 Å². The normalized spacial score (nSPS) is 24.1. The van der Waals surface area contributed by atoms with E-state index >= 15 is 0 Å². The minimum Gasteiger partial charge on any atom is -0.480 e. The summed E-state index contributed by atoms with van der Waals surface area (Å²) in [5, 5.41) is 9.43. The zero-order valence-corrected chi connectivity index (χ0v) is 12.4. The highest BCUT2D eigenvalue weighted by molar-refractivity contribution is 7.89. The van der Waals surface area contributed by atoms with Gasteiger partial charge in [0.15, 0.2) is 5.03 Å². The number of carboxylic acid groups (broad SMARTS) is 1. The second kappa shape index (κ2) is 5.17. The Morgan fingerprint density at radius 3 is 2.75 bits per heavy atom. The number of hydrogen-bond donors (Lipinski definition) is 2. The maximum atomic E-state index is 12.6. The van der Waals surface area contributed by atoms with Crippen LogP contribution in [0.2, 0.25) is 0 Å². The van der Waals surface area contributed by atoms with Gasteiger partial charge in [0.2, 0.25) is 0 Å². The van der Waals surface area contributed by atoms with Crippen molar-refractivity contribution < 1.29 is 18.3 Å². The highest BCUT2D eigenvalue weighted by atomic mass is 32.2. The number of carboxylic acids is 1. The third-order valence-corrected chi connectivity index (χ3v) is 5.80. The van der Waals surface area contributed by atoms with Crippen LogP contribution in [0, 0.1) is 0 Å². The average Bonchev–Trinajstić information content (AvgIpc) is 3.06. The standard InChI is InChI=1S/C12H19N3O4S/c1-3-9-13-8-10(14-9)20(18,19)15-7-5-6-12(15,4-2)11(16)17/h8H,3-7H2,1-2H3,(H,13,14)(H,16,17). The quantitative estimate of drug-likeness (QED) is 0.844. The van der Waals surface area contributed by atoms with Crippen LogP contribution in [0.3, 0.4) is 0 Å². The van der Waals surface area contributed by atoms with Crippen LogP contribution >= 0.6 is 0 Å². The Morgan fingerprint density at radius 1 is 1.55 bits per heavy atom. The number of hydrogen-bond acceptors (Lipinski definition) is 4. The number of H-pyrrole nitrogens is 1. The van der Waals surface area contributed by atoms with Crippen LogP contribution in [0.5, 0.6) is 0 Å². The van der Waals surface area contributed by atoms with E-state index in [1.165, 1.54) is 6.20 Å². The van der Waals surface area contributed by atoms with Gasteiger partial charge in [-0.1, -0.05) is 13.8 Å². The molecule has 1 unspecified atom stereocenters. The van der Waals surface area contributed by atoms with E-state index in [4.69, 9.17) is 0 Å². The molecule has 8 heteroatoms. The van der Waals surface area contributed by atoms with Gasteiger partial charge in [0, 0.05) is 13.0 Å². The van der Waals surface area contributed by atoms with Crippen molar-refractivity contribution in [1.82, 2.24) is 14.3 Å². The molecule has 1 aromatic rings. The number of aromatic nitrogens is 2. The first-order valence-electron chi connectivity index (χ1n) is 6.68. The van der Waals surface area contributed by atoms with Crippen LogP contribution in [0.4, 0.5) is 0 Å². The van der Waals surface area contributed by atoms with Gasteiger partial charge in [-0.15, -0.1) is 0 Å². The zero-order chi connectivity index (χ0) is 15.0. The summed E-state index contributed by atoms with van der Waals surface area (Å²) in [6, 6.07) is 0. The SMILES string of the molecule is CCc1ncc(S(=O)(=O)N2CCCC2(CC)C(=O)O)[nH]1. The Kier molecular flexibility index (Phi) is 3.88. The minimum atomic E-state index is -3.86. The van der Waals surface area contributed by atoms with Crippen LogP contribution in [-0.2, 0) is 21.2 Å². The molecular weight excluding hydrogens is 282 g/mol. The second-order valence-corrected chi connectivity index (χ2v) is 6.75. The van der Waals surface area contributed by atoms with Crippen molar-refractivity contribution in [3.05, 3.63) is 12.0 Å². The molecule has 2 N–H and O–H groups in total. The molecule has 1 aromatic heterocycles. The molecule has 1 atom stereocenters. The molecule has 0 bridgehead atoms. The summed E-state index contributed by atoms with van der Waals surface area (Å²) < 4.78 is 26.4. The van der Waals surface area contributed by atoms with Crippen LogP contribution in [0.1, 0.15) is 38.9 Å². The molecule has 0 saturated carbocycles. The number of aryl methyl sites for hydroxylation is 1. The molecule has 0 spiro atoms. The summed E-state index contributed by atoms with van der Waals surface area (Å²) in [6.07, 6.45) is 2.99. The minimum absolute atomic E-state index is 0.0321. The number of rotatable bonds is 5. The van der Waals surface area contributed by atoms with E-state index < -0.39 is 21.5 Å². The fraction of sp³-hybridized carbons (Fsp3) is 0.667. The number of carbonyl (C=O) groups is 1. The van der Waals surface area contributed by atoms with Crippen molar-refractivity contribution in [2.75, 3.05) is 6.54 Å². The fourth-order valence-corrected chi connectivity index (χ4v) is 4.49. The molecule has 112 valence electrons. The van der Waals surface area contributed by atoms with Gasteiger partial charge >= 0.3 is 5.97 Å². The van der Waals surface area contributed by atoms with Crippen molar-refractivity contribution >= 4 is 16.0 Å². The van der Waals surface area contributed by atoms with E-state index in [-0.39, 0.29) is 18.0 Å². The lowest BCUT2D eigenvalue weighted by Crippen LogP contribution is -2.52. The van der Waals surface area contributed by atoms with Gasteiger partial charge in [-0.2, -0.15) is 4.31 Å². The number of sulfonamides is 1. The summed E-state index contributed by atoms with van der Waals surface area (Å²) in [5.74, 6) is -0.517. The Hall–Kier alpha value is -1.41. The lowest BCUT2D eigenvalue weighted by atomic mass is 9.95. The lowest BCUT2D eigenvalue weighted by molar-refractivity contribution is -0.147. The van der Waals surface area contributed by atoms with Crippen molar-refractivity contribution in [3.63, 3.8) is 0 Å². The smallest absolute Gasteiger partial charge is 0.325 e. The largest absolute Gasteiger partial charge is 0.480 e. The molecule has 1 aliphatic heterocycles. The van der Waals surface area contributed by atoms with Crippen molar-refractivity contribution in [2.24, 2.45) is 0 Å². The molecule has 7 nitrogen and oxygen atoms in total. The molecule has 1 fully saturated rings. The molecule has 1 aliphatic rings. The van der Waals surface area contributed by atoms with Crippen molar-refractivity contribution in [1.29, 1.82) is 0 Å². The molecule has 0 amide bonds. The van der Waals surface area contributed by atoms with Crippen LogP contribution in [0.15, 0.2) is 11.2 Å². The number of aromatic amines is 1. The second-order valence-electron chi connectivity index (χ2n) is 4.92. The van der Waals surface area contributed by atoms with Crippen molar-refractivity contribution in [3.8, 4) is 0 Å². The van der Waals surface area contributed by atoms with Crippen LogP contribution in [0.25, 0.3) is 0 Å². The van der Waals surface area contributed by atoms with Gasteiger partial charge in [-0.05, 0) is 19.3 Å². The number of aliphatic carboxylic acids is 1. The Balaban J connectivity index is 2.45. The van der Waals surface area contributed by atoms with E-state index in [2.05, 4.69) is 9.97 Å². The number of imidazole rings is 1. The first kappa shape index (κ1) is 15.0. The van der Waals surface area contributed by atoms with E-state index in [1.54, 1.807) is 6.92 Å². The Bertz CT molecular complexity index is 610. The van der Waals surface area contributed by atoms with Gasteiger partial charge in [0.25, 0.3) is 10.0 Å². The maximum absolute atomic E-state index is 12.6. The summed E-state index contributed by atoms with van der Waals surface area (Å²) >= 11 is 0. The predicted octanol–water partition coefficient (Wildman–Crippen LogP) is 0.990. The van der Waals surface area contributed by atoms with E-state index in [0.717, 1.165) is 4.31 Å². The van der Waals surface area contributed by atoms with Gasteiger partial charge in [-0.3, -0.25) is 4.79 Å². The van der Waals surface area contributed by atoms with E-state index in [1.807, 2.05) is 6.92 Å². The molecule has 2 rings (SSSR count). The van der Waals surface area contributed by atoms with Gasteiger partial charge in [0.1, 0.15) is 11.4 Å². The van der Waals surface area contributed by atoms with E-state index in [9.17, 15) is 18.3 Å². The molecule has 1 saturated heterocycles. The van der Waals surface area contributed by atoms with Gasteiger partial charge in [0.05, 0.1) is 6.20 Å².